The SMILES string of the molecule is CCC(=O)Oc1ccc2c(=O)c(-c3ccc(OC)c(OC)c3)c(C(F)(F)F)oc2c1. The first kappa shape index (κ1) is 21.2. The summed E-state index contributed by atoms with van der Waals surface area (Å²) in [5.41, 5.74) is -1.94. The van der Waals surface area contributed by atoms with Gasteiger partial charge in [-0.2, -0.15) is 13.2 Å². The average Bonchev–Trinajstić information content (AvgIpc) is 2.72. The van der Waals surface area contributed by atoms with Crippen LogP contribution in [0.3, 0.4) is 0 Å². The second kappa shape index (κ2) is 8.10. The number of methoxy groups -OCH3 is 2. The third-order valence-electron chi connectivity index (χ3n) is 4.31. The van der Waals surface area contributed by atoms with Crippen molar-refractivity contribution in [3.05, 3.63) is 52.4 Å². The summed E-state index contributed by atoms with van der Waals surface area (Å²) in [6, 6.07) is 7.63. The summed E-state index contributed by atoms with van der Waals surface area (Å²) in [5.74, 6) is -1.61. The van der Waals surface area contributed by atoms with Gasteiger partial charge < -0.3 is 18.6 Å². The van der Waals surface area contributed by atoms with Gasteiger partial charge in [0.15, 0.2) is 11.5 Å². The van der Waals surface area contributed by atoms with E-state index in [2.05, 4.69) is 0 Å². The molecule has 0 saturated heterocycles. The van der Waals surface area contributed by atoms with Gasteiger partial charge in [0.05, 0.1) is 25.2 Å². The molecule has 3 rings (SSSR count). The van der Waals surface area contributed by atoms with Gasteiger partial charge in [0.25, 0.3) is 0 Å². The Bertz CT molecular complexity index is 1160. The molecule has 0 unspecified atom stereocenters. The van der Waals surface area contributed by atoms with Gasteiger partial charge >= 0.3 is 12.1 Å². The quantitative estimate of drug-likeness (QED) is 0.434. The van der Waals surface area contributed by atoms with Gasteiger partial charge in [0.2, 0.25) is 11.2 Å². The van der Waals surface area contributed by atoms with E-state index in [1.807, 2.05) is 0 Å². The van der Waals surface area contributed by atoms with Crippen molar-refractivity contribution in [2.45, 2.75) is 19.5 Å². The van der Waals surface area contributed by atoms with Gasteiger partial charge in [0, 0.05) is 12.5 Å². The minimum absolute atomic E-state index is 0.0236. The Labute approximate surface area is 168 Å². The molecule has 0 N–H and O–H groups in total. The van der Waals surface area contributed by atoms with Crippen LogP contribution in [0.25, 0.3) is 22.1 Å². The number of fused-ring (bicyclic) bond motifs is 1. The second-order valence-electron chi connectivity index (χ2n) is 6.19. The molecule has 158 valence electrons. The zero-order valence-corrected chi connectivity index (χ0v) is 16.3. The molecule has 9 heteroatoms. The molecule has 30 heavy (non-hydrogen) atoms. The number of esters is 1. The lowest BCUT2D eigenvalue weighted by Gasteiger charge is -2.14. The van der Waals surface area contributed by atoms with Gasteiger partial charge in [-0.25, -0.2) is 0 Å². The van der Waals surface area contributed by atoms with Crippen molar-refractivity contribution in [1.29, 1.82) is 0 Å². The molecule has 0 aliphatic carbocycles. The Morgan fingerprint density at radius 1 is 1.03 bits per heavy atom. The highest BCUT2D eigenvalue weighted by molar-refractivity contribution is 5.85. The van der Waals surface area contributed by atoms with E-state index in [0.717, 1.165) is 6.07 Å². The number of ether oxygens (including phenoxy) is 3. The van der Waals surface area contributed by atoms with E-state index in [1.165, 1.54) is 44.6 Å². The van der Waals surface area contributed by atoms with Crippen LogP contribution in [-0.2, 0) is 11.0 Å². The molecule has 2 aromatic carbocycles. The summed E-state index contributed by atoms with van der Waals surface area (Å²) in [5, 5.41) is -0.0934. The number of carbonyl (C=O) groups is 1. The van der Waals surface area contributed by atoms with Gasteiger partial charge in [0.1, 0.15) is 11.3 Å². The van der Waals surface area contributed by atoms with Crippen molar-refractivity contribution in [2.24, 2.45) is 0 Å². The molecular formula is C21H17F3O6. The summed E-state index contributed by atoms with van der Waals surface area (Å²) >= 11 is 0. The molecule has 0 aliphatic heterocycles. The summed E-state index contributed by atoms with van der Waals surface area (Å²) < 4.78 is 61.6. The van der Waals surface area contributed by atoms with Gasteiger partial charge in [-0.05, 0) is 29.8 Å². The lowest BCUT2D eigenvalue weighted by atomic mass is 10.0. The van der Waals surface area contributed by atoms with Gasteiger partial charge in [-0.15, -0.1) is 0 Å². The van der Waals surface area contributed by atoms with Crippen LogP contribution in [0.2, 0.25) is 0 Å². The monoisotopic (exact) mass is 422 g/mol. The zero-order valence-electron chi connectivity index (χ0n) is 16.3. The summed E-state index contributed by atoms with van der Waals surface area (Å²) in [7, 11) is 2.71. The van der Waals surface area contributed by atoms with E-state index >= 15 is 0 Å². The number of carbonyl (C=O) groups excluding carboxylic acids is 1. The lowest BCUT2D eigenvalue weighted by molar-refractivity contribution is -0.152. The van der Waals surface area contributed by atoms with Crippen LogP contribution in [0.1, 0.15) is 19.1 Å². The summed E-state index contributed by atoms with van der Waals surface area (Å²) in [6.45, 7) is 1.57. The summed E-state index contributed by atoms with van der Waals surface area (Å²) in [4.78, 5) is 24.4. The first-order chi connectivity index (χ1) is 14.2. The number of halogens is 3. The normalized spacial score (nSPS) is 11.4. The molecule has 0 fully saturated rings. The molecule has 0 saturated carbocycles. The first-order valence-corrected chi connectivity index (χ1v) is 8.80. The number of benzene rings is 2. The minimum Gasteiger partial charge on any atom is -0.493 e. The molecule has 6 nitrogen and oxygen atoms in total. The van der Waals surface area contributed by atoms with E-state index < -0.39 is 28.9 Å². The predicted octanol–water partition coefficient (Wildman–Crippen LogP) is 4.81. The van der Waals surface area contributed by atoms with Crippen molar-refractivity contribution in [2.75, 3.05) is 14.2 Å². The van der Waals surface area contributed by atoms with E-state index in [4.69, 9.17) is 18.6 Å². The van der Waals surface area contributed by atoms with Crippen LogP contribution in [0, 0.1) is 0 Å². The standard InChI is InChI=1S/C21H17F3O6/c1-4-17(25)29-12-6-7-13-15(10-12)30-20(21(22,23)24)18(19(13)26)11-5-8-14(27-2)16(9-11)28-3/h5-10H,4H2,1-3H3. The molecule has 0 spiro atoms. The van der Waals surface area contributed by atoms with Crippen LogP contribution in [0.5, 0.6) is 17.2 Å². The number of rotatable bonds is 5. The van der Waals surface area contributed by atoms with Crippen molar-refractivity contribution in [3.63, 3.8) is 0 Å². The van der Waals surface area contributed by atoms with Crippen molar-refractivity contribution >= 4 is 16.9 Å². The maximum atomic E-state index is 13.8. The van der Waals surface area contributed by atoms with Crippen LogP contribution in [0.15, 0.2) is 45.6 Å². The molecule has 1 heterocycles. The van der Waals surface area contributed by atoms with Crippen LogP contribution in [-0.4, -0.2) is 20.2 Å². The maximum Gasteiger partial charge on any atom is 0.450 e. The zero-order chi connectivity index (χ0) is 22.1. The predicted molar refractivity (Wildman–Crippen MR) is 102 cm³/mol. The molecule has 0 radical (unpaired) electrons. The second-order valence-corrected chi connectivity index (χ2v) is 6.19. The molecule has 0 bridgehead atoms. The fourth-order valence-electron chi connectivity index (χ4n) is 2.89. The molecule has 0 amide bonds. The highest BCUT2D eigenvalue weighted by Gasteiger charge is 2.39. The topological polar surface area (TPSA) is 75.0 Å². The molecule has 0 aliphatic rings. The molecule has 1 aromatic heterocycles. The Morgan fingerprint density at radius 2 is 1.73 bits per heavy atom. The van der Waals surface area contributed by atoms with Crippen molar-refractivity contribution in [1.82, 2.24) is 0 Å². The van der Waals surface area contributed by atoms with Crippen LogP contribution >= 0.6 is 0 Å². The Hall–Kier alpha value is -3.49. The first-order valence-electron chi connectivity index (χ1n) is 8.80. The number of hydrogen-bond acceptors (Lipinski definition) is 6. The highest BCUT2D eigenvalue weighted by Crippen LogP contribution is 2.40. The highest BCUT2D eigenvalue weighted by atomic mass is 19.4. The Morgan fingerprint density at radius 3 is 2.33 bits per heavy atom. The van der Waals surface area contributed by atoms with E-state index in [1.54, 1.807) is 6.92 Å². The van der Waals surface area contributed by atoms with E-state index in [0.29, 0.717) is 5.75 Å². The van der Waals surface area contributed by atoms with Crippen LogP contribution in [0.4, 0.5) is 13.2 Å². The average molecular weight is 422 g/mol. The summed E-state index contributed by atoms with van der Waals surface area (Å²) in [6.07, 6.45) is -4.88. The van der Waals surface area contributed by atoms with Gasteiger partial charge in [-0.3, -0.25) is 9.59 Å². The van der Waals surface area contributed by atoms with Gasteiger partial charge in [-0.1, -0.05) is 13.0 Å². The van der Waals surface area contributed by atoms with Crippen LogP contribution < -0.4 is 19.6 Å². The number of hydrogen-bond donors (Lipinski definition) is 0. The molecule has 0 atom stereocenters. The van der Waals surface area contributed by atoms with E-state index in [9.17, 15) is 22.8 Å². The molecular weight excluding hydrogens is 405 g/mol. The Kier molecular flexibility index (Phi) is 5.73. The third-order valence-corrected chi connectivity index (χ3v) is 4.31. The lowest BCUT2D eigenvalue weighted by Crippen LogP contribution is -2.16. The van der Waals surface area contributed by atoms with E-state index in [-0.39, 0.29) is 34.5 Å². The molecule has 3 aromatic rings. The maximum absolute atomic E-state index is 13.8. The minimum atomic E-state index is -4.95. The number of alkyl halides is 3. The van der Waals surface area contributed by atoms with Crippen molar-refractivity contribution < 1.29 is 36.6 Å². The fourth-order valence-corrected chi connectivity index (χ4v) is 2.89. The third kappa shape index (κ3) is 3.96. The largest absolute Gasteiger partial charge is 0.493 e. The smallest absolute Gasteiger partial charge is 0.450 e. The van der Waals surface area contributed by atoms with Crippen molar-refractivity contribution in [3.8, 4) is 28.4 Å². The Balaban J connectivity index is 2.28. The fraction of sp³-hybridized carbons (Fsp3) is 0.238.